The first kappa shape index (κ1) is 23.5. The van der Waals surface area contributed by atoms with Crippen LogP contribution in [0.5, 0.6) is 5.75 Å². The molecule has 30 heavy (non-hydrogen) atoms. The maximum absolute atomic E-state index is 11.1. The number of aryl methyl sites for hydroxylation is 1. The van der Waals surface area contributed by atoms with Gasteiger partial charge in [-0.1, -0.05) is 31.5 Å². The van der Waals surface area contributed by atoms with Gasteiger partial charge in [0.1, 0.15) is 5.75 Å². The fourth-order valence-corrected chi connectivity index (χ4v) is 5.77. The van der Waals surface area contributed by atoms with E-state index >= 15 is 0 Å². The van der Waals surface area contributed by atoms with E-state index < -0.39 is 11.2 Å². The Labute approximate surface area is 182 Å². The zero-order valence-corrected chi connectivity index (χ0v) is 19.6. The van der Waals surface area contributed by atoms with Crippen molar-refractivity contribution >= 4 is 0 Å². The van der Waals surface area contributed by atoms with Crippen LogP contribution in [0.25, 0.3) is 0 Å². The quantitative estimate of drug-likeness (QED) is 0.596. The lowest BCUT2D eigenvalue weighted by atomic mass is 9.86. The van der Waals surface area contributed by atoms with Gasteiger partial charge in [-0.05, 0) is 72.4 Å². The third-order valence-corrected chi connectivity index (χ3v) is 7.55. The minimum Gasteiger partial charge on any atom is -0.507 e. The highest BCUT2D eigenvalue weighted by atomic mass is 16.3. The number of aromatic hydroxyl groups is 1. The molecular formula is C25H42N2O3. The summed E-state index contributed by atoms with van der Waals surface area (Å²) >= 11 is 0. The van der Waals surface area contributed by atoms with E-state index in [2.05, 4.69) is 42.7 Å². The molecule has 0 radical (unpaired) electrons. The highest BCUT2D eigenvalue weighted by molar-refractivity contribution is 5.43. The first-order chi connectivity index (χ1) is 14.1. The SMILES string of the molecule is CCC(O)(CC)[C@@H]1CCCN1Cc1cc(C)cc(CN2CCC[C@H]2C(C)(C)O)c1O. The fraction of sp³-hybridized carbons (Fsp3) is 0.760. The summed E-state index contributed by atoms with van der Waals surface area (Å²) in [6.45, 7) is 13.2. The molecule has 5 nitrogen and oxygen atoms in total. The molecular weight excluding hydrogens is 376 g/mol. The molecule has 0 saturated carbocycles. The molecule has 2 aliphatic rings. The van der Waals surface area contributed by atoms with E-state index in [0.29, 0.717) is 18.8 Å². The number of phenolic OH excluding ortho intramolecular Hbond substituents is 1. The van der Waals surface area contributed by atoms with Crippen molar-refractivity contribution in [2.75, 3.05) is 13.1 Å². The van der Waals surface area contributed by atoms with Crippen molar-refractivity contribution in [1.29, 1.82) is 0 Å². The van der Waals surface area contributed by atoms with Crippen LogP contribution >= 0.6 is 0 Å². The predicted molar refractivity (Wildman–Crippen MR) is 122 cm³/mol. The summed E-state index contributed by atoms with van der Waals surface area (Å²) in [4.78, 5) is 4.67. The van der Waals surface area contributed by atoms with Crippen molar-refractivity contribution in [2.45, 2.75) is 110 Å². The summed E-state index contributed by atoms with van der Waals surface area (Å²) in [7, 11) is 0. The first-order valence-corrected chi connectivity index (χ1v) is 11.8. The van der Waals surface area contributed by atoms with Crippen molar-refractivity contribution < 1.29 is 15.3 Å². The third kappa shape index (κ3) is 4.85. The molecule has 0 spiro atoms. The number of aliphatic hydroxyl groups is 2. The lowest BCUT2D eigenvalue weighted by Gasteiger charge is -2.38. The second kappa shape index (κ2) is 9.15. The maximum Gasteiger partial charge on any atom is 0.124 e. The van der Waals surface area contributed by atoms with Crippen LogP contribution in [-0.2, 0) is 13.1 Å². The Morgan fingerprint density at radius 2 is 1.37 bits per heavy atom. The number of hydrogen-bond donors (Lipinski definition) is 3. The molecule has 2 atom stereocenters. The van der Waals surface area contributed by atoms with Crippen molar-refractivity contribution in [1.82, 2.24) is 9.80 Å². The fourth-order valence-electron chi connectivity index (χ4n) is 5.77. The molecule has 0 amide bonds. The van der Waals surface area contributed by atoms with Crippen LogP contribution in [0.2, 0.25) is 0 Å². The molecule has 1 aromatic rings. The van der Waals surface area contributed by atoms with Crippen LogP contribution in [0.4, 0.5) is 0 Å². The summed E-state index contributed by atoms with van der Waals surface area (Å²) in [6.07, 6.45) is 5.68. The topological polar surface area (TPSA) is 67.2 Å². The summed E-state index contributed by atoms with van der Waals surface area (Å²) in [6, 6.07) is 4.43. The molecule has 2 aliphatic heterocycles. The van der Waals surface area contributed by atoms with Crippen LogP contribution in [0.1, 0.15) is 82.9 Å². The smallest absolute Gasteiger partial charge is 0.124 e. The van der Waals surface area contributed by atoms with Gasteiger partial charge in [0.15, 0.2) is 0 Å². The lowest BCUT2D eigenvalue weighted by Crippen LogP contribution is -2.48. The highest BCUT2D eigenvalue weighted by Gasteiger charge is 2.40. The molecule has 5 heteroatoms. The standard InChI is InChI=1S/C25H42N2O3/c1-6-25(30,7-2)22-11-9-13-27(22)17-20-15-18(3)14-19(23(20)28)16-26-12-8-10-21(26)24(4,5)29/h14-15,21-22,28-30H,6-13,16-17H2,1-5H3/t21-,22-/m0/s1. The van der Waals surface area contributed by atoms with Crippen LogP contribution in [0.15, 0.2) is 12.1 Å². The van der Waals surface area contributed by atoms with Gasteiger partial charge in [-0.25, -0.2) is 0 Å². The molecule has 2 saturated heterocycles. The molecule has 0 aromatic heterocycles. The van der Waals surface area contributed by atoms with Crippen LogP contribution in [0, 0.1) is 6.92 Å². The Morgan fingerprint density at radius 3 is 1.83 bits per heavy atom. The Balaban J connectivity index is 1.81. The molecule has 170 valence electrons. The second-order valence-electron chi connectivity index (χ2n) is 10.2. The predicted octanol–water partition coefficient (Wildman–Crippen LogP) is 3.95. The average Bonchev–Trinajstić information content (AvgIpc) is 3.34. The Hall–Kier alpha value is -1.14. The molecule has 0 aliphatic carbocycles. The van der Waals surface area contributed by atoms with Gasteiger partial charge in [0.2, 0.25) is 0 Å². The van der Waals surface area contributed by atoms with Gasteiger partial charge in [-0.15, -0.1) is 0 Å². The van der Waals surface area contributed by atoms with E-state index in [1.165, 1.54) is 0 Å². The molecule has 3 rings (SSSR count). The van der Waals surface area contributed by atoms with E-state index in [4.69, 9.17) is 0 Å². The normalized spacial score (nSPS) is 24.1. The third-order valence-electron chi connectivity index (χ3n) is 7.55. The van der Waals surface area contributed by atoms with Gasteiger partial charge in [0.05, 0.1) is 11.2 Å². The van der Waals surface area contributed by atoms with Gasteiger partial charge in [-0.3, -0.25) is 9.80 Å². The van der Waals surface area contributed by atoms with Crippen LogP contribution in [-0.4, -0.2) is 61.5 Å². The van der Waals surface area contributed by atoms with Crippen molar-refractivity contribution in [2.24, 2.45) is 0 Å². The molecule has 1 aromatic carbocycles. The minimum atomic E-state index is -0.744. The molecule has 3 N–H and O–H groups in total. The van der Waals surface area contributed by atoms with Crippen molar-refractivity contribution in [3.05, 3.63) is 28.8 Å². The summed E-state index contributed by atoms with van der Waals surface area (Å²) in [5.74, 6) is 0.379. The Morgan fingerprint density at radius 1 is 0.900 bits per heavy atom. The van der Waals surface area contributed by atoms with E-state index in [0.717, 1.165) is 68.3 Å². The van der Waals surface area contributed by atoms with Gasteiger partial charge >= 0.3 is 0 Å². The van der Waals surface area contributed by atoms with Gasteiger partial charge in [0, 0.05) is 36.3 Å². The van der Waals surface area contributed by atoms with Gasteiger partial charge < -0.3 is 15.3 Å². The van der Waals surface area contributed by atoms with Crippen LogP contribution in [0.3, 0.4) is 0 Å². The van der Waals surface area contributed by atoms with E-state index in [1.54, 1.807) is 0 Å². The summed E-state index contributed by atoms with van der Waals surface area (Å²) < 4.78 is 0. The molecule has 0 unspecified atom stereocenters. The second-order valence-corrected chi connectivity index (χ2v) is 10.2. The van der Waals surface area contributed by atoms with E-state index in [9.17, 15) is 15.3 Å². The number of nitrogens with zero attached hydrogens (tertiary/aromatic N) is 2. The van der Waals surface area contributed by atoms with Crippen molar-refractivity contribution in [3.8, 4) is 5.75 Å². The largest absolute Gasteiger partial charge is 0.507 e. The van der Waals surface area contributed by atoms with E-state index in [-0.39, 0.29) is 12.1 Å². The zero-order valence-electron chi connectivity index (χ0n) is 19.6. The summed E-state index contributed by atoms with van der Waals surface area (Å²) in [5, 5.41) is 32.8. The monoisotopic (exact) mass is 418 g/mol. The zero-order chi connectivity index (χ0) is 22.1. The Kier molecular flexibility index (Phi) is 7.18. The first-order valence-electron chi connectivity index (χ1n) is 11.8. The van der Waals surface area contributed by atoms with Crippen molar-refractivity contribution in [3.63, 3.8) is 0 Å². The average molecular weight is 419 g/mol. The number of hydrogen-bond acceptors (Lipinski definition) is 5. The highest BCUT2D eigenvalue weighted by Crippen LogP contribution is 2.36. The Bertz CT molecular complexity index is 724. The molecule has 2 heterocycles. The molecule has 0 bridgehead atoms. The number of phenols is 1. The van der Waals surface area contributed by atoms with E-state index in [1.807, 2.05) is 13.8 Å². The number of likely N-dealkylation sites (tertiary alicyclic amines) is 2. The molecule has 2 fully saturated rings. The van der Waals surface area contributed by atoms with Gasteiger partial charge in [-0.2, -0.15) is 0 Å². The number of rotatable bonds is 8. The number of benzene rings is 1. The van der Waals surface area contributed by atoms with Crippen LogP contribution < -0.4 is 0 Å². The van der Waals surface area contributed by atoms with Gasteiger partial charge in [0.25, 0.3) is 0 Å². The minimum absolute atomic E-state index is 0.118. The lowest BCUT2D eigenvalue weighted by molar-refractivity contribution is -0.0419. The summed E-state index contributed by atoms with van der Waals surface area (Å²) in [5.41, 5.74) is 1.64. The maximum atomic E-state index is 11.1.